The lowest BCUT2D eigenvalue weighted by Crippen LogP contribution is -2.30. The highest BCUT2D eigenvalue weighted by Crippen LogP contribution is 2.29. The normalized spacial score (nSPS) is 9.06. The molecule has 0 aromatic heterocycles. The second-order valence-corrected chi connectivity index (χ2v) is 3.37. The molecule has 0 saturated heterocycles. The van der Waals surface area contributed by atoms with Gasteiger partial charge < -0.3 is 25.6 Å². The molecule has 0 spiro atoms. The molecule has 1 rings (SSSR count). The number of ether oxygens (including phenoxy) is 1. The monoisotopic (exact) mass is 298 g/mol. The van der Waals surface area contributed by atoms with E-state index in [9.17, 15) is 0 Å². The Balaban J connectivity index is 0. The smallest absolute Gasteiger partial charge is 0.144 e. The first-order valence-corrected chi connectivity index (χ1v) is 5.13. The number of halogens is 2. The zero-order valence-electron chi connectivity index (χ0n) is 10.2. The maximum Gasteiger partial charge on any atom is 0.144 e. The van der Waals surface area contributed by atoms with Crippen LogP contribution in [-0.4, -0.2) is 43.6 Å². The van der Waals surface area contributed by atoms with Gasteiger partial charge in [0.2, 0.25) is 0 Å². The van der Waals surface area contributed by atoms with E-state index < -0.39 is 0 Å². The number of anilines is 2. The van der Waals surface area contributed by atoms with Gasteiger partial charge >= 0.3 is 0 Å². The van der Waals surface area contributed by atoms with Crippen LogP contribution in [0, 0.1) is 0 Å². The molecule has 106 valence electrons. The average molecular weight is 299 g/mol. The molecule has 18 heavy (non-hydrogen) atoms. The number of nitrogens with two attached hydrogens (primary N) is 1. The zero-order chi connectivity index (χ0) is 12.0. The fraction of sp³-hybridized carbons (Fsp3) is 0.455. The Hall–Kier alpha value is -0.880. The number of aliphatic hydroxyl groups is 2. The number of benzene rings is 1. The minimum Gasteiger partial charge on any atom is -0.495 e. The van der Waals surface area contributed by atoms with Crippen molar-refractivity contribution in [2.24, 2.45) is 0 Å². The number of methoxy groups -OCH3 is 1. The third-order valence-corrected chi connectivity index (χ3v) is 2.28. The lowest BCUT2D eigenvalue weighted by Gasteiger charge is -2.25. The van der Waals surface area contributed by atoms with Gasteiger partial charge in [-0.25, -0.2) is 0 Å². The molecule has 4 N–H and O–H groups in total. The minimum atomic E-state index is 0. The van der Waals surface area contributed by atoms with Crippen LogP contribution in [0.5, 0.6) is 5.75 Å². The summed E-state index contributed by atoms with van der Waals surface area (Å²) >= 11 is 0. The van der Waals surface area contributed by atoms with E-state index in [0.717, 1.165) is 5.69 Å². The summed E-state index contributed by atoms with van der Waals surface area (Å²) in [5.41, 5.74) is 7.09. The number of nitrogens with zero attached hydrogens (tertiary/aromatic N) is 1. The zero-order valence-corrected chi connectivity index (χ0v) is 11.8. The maximum absolute atomic E-state index is 8.95. The van der Waals surface area contributed by atoms with Crippen LogP contribution in [0.15, 0.2) is 18.2 Å². The van der Waals surface area contributed by atoms with E-state index in [1.165, 1.54) is 0 Å². The van der Waals surface area contributed by atoms with Crippen molar-refractivity contribution in [3.8, 4) is 5.75 Å². The van der Waals surface area contributed by atoms with Crippen LogP contribution in [0.1, 0.15) is 0 Å². The molecule has 5 nitrogen and oxygen atoms in total. The molecule has 0 fully saturated rings. The molecule has 1 aromatic rings. The summed E-state index contributed by atoms with van der Waals surface area (Å²) in [7, 11) is 1.56. The van der Waals surface area contributed by atoms with E-state index in [1.807, 2.05) is 11.0 Å². The van der Waals surface area contributed by atoms with Gasteiger partial charge in [-0.3, -0.25) is 0 Å². The molecule has 0 aliphatic heterocycles. The van der Waals surface area contributed by atoms with Gasteiger partial charge in [0.25, 0.3) is 0 Å². The molecule has 0 aliphatic carbocycles. The molecule has 1 aromatic carbocycles. The summed E-state index contributed by atoms with van der Waals surface area (Å²) in [5.74, 6) is 0.641. The van der Waals surface area contributed by atoms with E-state index >= 15 is 0 Å². The number of aliphatic hydroxyl groups excluding tert-OH is 2. The molecular weight excluding hydrogens is 279 g/mol. The van der Waals surface area contributed by atoms with Crippen LogP contribution < -0.4 is 15.4 Å². The predicted octanol–water partition coefficient (Wildman–Crippen LogP) is 0.912. The Labute approximate surface area is 119 Å². The van der Waals surface area contributed by atoms with Crippen molar-refractivity contribution in [3.05, 3.63) is 18.2 Å². The Kier molecular flexibility index (Phi) is 10.9. The summed E-state index contributed by atoms with van der Waals surface area (Å²) < 4.78 is 5.21. The summed E-state index contributed by atoms with van der Waals surface area (Å²) in [6.45, 7) is 0.933. The second-order valence-electron chi connectivity index (χ2n) is 3.37. The lowest BCUT2D eigenvalue weighted by molar-refractivity contribution is 0.280. The van der Waals surface area contributed by atoms with Crippen molar-refractivity contribution in [2.45, 2.75) is 0 Å². The number of rotatable bonds is 6. The van der Waals surface area contributed by atoms with E-state index in [4.69, 9.17) is 20.7 Å². The second kappa shape index (κ2) is 10.1. The standard InChI is InChI=1S/C11H18N2O3.2ClH/c1-16-11-8-9(12)2-3-10(11)13(4-6-14)5-7-15;;/h2-3,8,14-15H,4-7,12H2,1H3;2*1H. The van der Waals surface area contributed by atoms with Gasteiger partial charge in [0.15, 0.2) is 0 Å². The topological polar surface area (TPSA) is 79.0 Å². The van der Waals surface area contributed by atoms with Gasteiger partial charge in [-0.2, -0.15) is 0 Å². The Morgan fingerprint density at radius 1 is 1.17 bits per heavy atom. The van der Waals surface area contributed by atoms with Crippen molar-refractivity contribution in [2.75, 3.05) is 44.0 Å². The van der Waals surface area contributed by atoms with Crippen molar-refractivity contribution < 1.29 is 14.9 Å². The van der Waals surface area contributed by atoms with Crippen molar-refractivity contribution in [1.82, 2.24) is 0 Å². The summed E-state index contributed by atoms with van der Waals surface area (Å²) in [6.07, 6.45) is 0. The quantitative estimate of drug-likeness (QED) is 0.681. The maximum atomic E-state index is 8.95. The molecule has 0 saturated carbocycles. The molecule has 0 bridgehead atoms. The molecule has 0 unspecified atom stereocenters. The van der Waals surface area contributed by atoms with E-state index in [1.54, 1.807) is 19.2 Å². The fourth-order valence-corrected chi connectivity index (χ4v) is 1.55. The third kappa shape index (κ3) is 5.18. The van der Waals surface area contributed by atoms with Gasteiger partial charge in [0.05, 0.1) is 26.0 Å². The Morgan fingerprint density at radius 3 is 2.17 bits per heavy atom. The number of hydrogen-bond acceptors (Lipinski definition) is 5. The first kappa shape index (κ1) is 19.5. The first-order chi connectivity index (χ1) is 7.72. The summed E-state index contributed by atoms with van der Waals surface area (Å²) in [4.78, 5) is 1.85. The molecular formula is C11H20Cl2N2O3. The van der Waals surface area contributed by atoms with E-state index in [2.05, 4.69) is 0 Å². The summed E-state index contributed by atoms with van der Waals surface area (Å²) in [5, 5.41) is 17.9. The predicted molar refractivity (Wildman–Crippen MR) is 78.3 cm³/mol. The Bertz CT molecular complexity index is 334. The minimum absolute atomic E-state index is 0. The van der Waals surface area contributed by atoms with Crippen molar-refractivity contribution in [1.29, 1.82) is 0 Å². The van der Waals surface area contributed by atoms with Gasteiger partial charge in [0, 0.05) is 24.8 Å². The third-order valence-electron chi connectivity index (χ3n) is 2.28. The van der Waals surface area contributed by atoms with Crippen molar-refractivity contribution in [3.63, 3.8) is 0 Å². The van der Waals surface area contributed by atoms with Crippen LogP contribution in [0.3, 0.4) is 0 Å². The van der Waals surface area contributed by atoms with Crippen LogP contribution in [-0.2, 0) is 0 Å². The first-order valence-electron chi connectivity index (χ1n) is 5.13. The van der Waals surface area contributed by atoms with Gasteiger partial charge in [-0.15, -0.1) is 24.8 Å². The van der Waals surface area contributed by atoms with Crippen LogP contribution in [0.2, 0.25) is 0 Å². The van der Waals surface area contributed by atoms with Crippen molar-refractivity contribution >= 4 is 36.2 Å². The highest BCUT2D eigenvalue weighted by atomic mass is 35.5. The fourth-order valence-electron chi connectivity index (χ4n) is 1.55. The highest BCUT2D eigenvalue weighted by molar-refractivity contribution is 5.85. The molecule has 0 aliphatic rings. The van der Waals surface area contributed by atoms with Gasteiger partial charge in [-0.05, 0) is 12.1 Å². The average Bonchev–Trinajstić information content (AvgIpc) is 2.28. The van der Waals surface area contributed by atoms with Crippen LogP contribution >= 0.6 is 24.8 Å². The molecule has 0 atom stereocenters. The van der Waals surface area contributed by atoms with Crippen LogP contribution in [0.25, 0.3) is 0 Å². The van der Waals surface area contributed by atoms with Crippen LogP contribution in [0.4, 0.5) is 11.4 Å². The largest absolute Gasteiger partial charge is 0.495 e. The van der Waals surface area contributed by atoms with Gasteiger partial charge in [0.1, 0.15) is 5.75 Å². The molecule has 7 heteroatoms. The SMILES string of the molecule is COc1cc(N)ccc1N(CCO)CCO.Cl.Cl. The highest BCUT2D eigenvalue weighted by Gasteiger charge is 2.11. The lowest BCUT2D eigenvalue weighted by atomic mass is 10.2. The number of hydrogen-bond donors (Lipinski definition) is 3. The van der Waals surface area contributed by atoms with E-state index in [-0.39, 0.29) is 38.0 Å². The molecule has 0 heterocycles. The molecule has 0 amide bonds. The Morgan fingerprint density at radius 2 is 1.72 bits per heavy atom. The summed E-state index contributed by atoms with van der Waals surface area (Å²) in [6, 6.07) is 5.30. The molecule has 0 radical (unpaired) electrons. The van der Waals surface area contributed by atoms with Gasteiger partial charge in [-0.1, -0.05) is 0 Å². The number of nitrogen functional groups attached to an aromatic ring is 1. The van der Waals surface area contributed by atoms with E-state index in [0.29, 0.717) is 24.5 Å².